The van der Waals surface area contributed by atoms with E-state index in [9.17, 15) is 18.0 Å². The van der Waals surface area contributed by atoms with E-state index in [4.69, 9.17) is 9.47 Å². The van der Waals surface area contributed by atoms with Gasteiger partial charge in [0.15, 0.2) is 11.5 Å². The zero-order valence-electron chi connectivity index (χ0n) is 19.2. The fourth-order valence-corrected chi connectivity index (χ4v) is 6.32. The second-order valence-electron chi connectivity index (χ2n) is 8.77. The van der Waals surface area contributed by atoms with Gasteiger partial charge in [0.05, 0.1) is 23.0 Å². The number of carbonyl (C=O) groups excluding carboxylic acids is 2. The summed E-state index contributed by atoms with van der Waals surface area (Å²) in [5.41, 5.74) is 2.40. The number of hydrogen-bond donors (Lipinski definition) is 0. The third-order valence-electron chi connectivity index (χ3n) is 6.65. The average Bonchev–Trinajstić information content (AvgIpc) is 3.12. The average molecular weight is 486 g/mol. The van der Waals surface area contributed by atoms with Crippen molar-refractivity contribution in [3.63, 3.8) is 0 Å². The molecule has 10 heteroatoms. The van der Waals surface area contributed by atoms with Crippen LogP contribution in [0.1, 0.15) is 17.5 Å². The largest absolute Gasteiger partial charge is 0.486 e. The van der Waals surface area contributed by atoms with Gasteiger partial charge in [0, 0.05) is 32.2 Å². The van der Waals surface area contributed by atoms with Crippen LogP contribution in [0.3, 0.4) is 0 Å². The number of fused-ring (bicyclic) bond motifs is 1. The fourth-order valence-electron chi connectivity index (χ4n) is 4.88. The van der Waals surface area contributed by atoms with Crippen LogP contribution in [0.2, 0.25) is 0 Å². The molecule has 2 aromatic rings. The highest BCUT2D eigenvalue weighted by Crippen LogP contribution is 2.34. The van der Waals surface area contributed by atoms with E-state index in [1.54, 1.807) is 6.07 Å². The van der Waals surface area contributed by atoms with Gasteiger partial charge in [-0.25, -0.2) is 13.3 Å². The lowest BCUT2D eigenvalue weighted by molar-refractivity contribution is -0.123. The number of imide groups is 1. The summed E-state index contributed by atoms with van der Waals surface area (Å²) in [6.45, 7) is 5.79. The molecule has 0 aliphatic carbocycles. The smallest absolute Gasteiger partial charge is 0.251 e. The van der Waals surface area contributed by atoms with Crippen LogP contribution in [0.5, 0.6) is 11.5 Å². The van der Waals surface area contributed by atoms with E-state index in [2.05, 4.69) is 0 Å². The summed E-state index contributed by atoms with van der Waals surface area (Å²) in [5.74, 6) is 0.491. The predicted octanol–water partition coefficient (Wildman–Crippen LogP) is 1.71. The van der Waals surface area contributed by atoms with E-state index in [0.29, 0.717) is 43.5 Å². The number of sulfonamides is 1. The first-order chi connectivity index (χ1) is 16.3. The number of ether oxygens (including phenoxy) is 2. The Bertz CT molecular complexity index is 1230. The van der Waals surface area contributed by atoms with Crippen LogP contribution in [-0.2, 0) is 19.6 Å². The lowest BCUT2D eigenvalue weighted by Crippen LogP contribution is -2.53. The first kappa shape index (κ1) is 22.8. The number of nitrogens with zero attached hydrogens (tertiary/aromatic N) is 3. The minimum Gasteiger partial charge on any atom is -0.486 e. The van der Waals surface area contributed by atoms with Crippen molar-refractivity contribution in [2.45, 2.75) is 31.2 Å². The van der Waals surface area contributed by atoms with E-state index >= 15 is 0 Å². The summed E-state index contributed by atoms with van der Waals surface area (Å²) < 4.78 is 38.8. The third kappa shape index (κ3) is 3.85. The van der Waals surface area contributed by atoms with Crippen LogP contribution < -0.4 is 14.4 Å². The first-order valence-corrected chi connectivity index (χ1v) is 12.8. The van der Waals surface area contributed by atoms with Gasteiger partial charge in [-0.15, -0.1) is 0 Å². The Morgan fingerprint density at radius 1 is 0.882 bits per heavy atom. The number of carbonyl (C=O) groups is 2. The lowest BCUT2D eigenvalue weighted by Gasteiger charge is -2.36. The molecule has 0 saturated carbocycles. The van der Waals surface area contributed by atoms with E-state index in [1.165, 1.54) is 21.3 Å². The normalized spacial score (nSPS) is 21.8. The SMILES string of the molecule is Cc1cccc(C)c1N1C(=O)CC(N2CCN(S(=O)(=O)c3ccc4c(c3)OCCO4)CC2)C1=O. The van der Waals surface area contributed by atoms with Gasteiger partial charge in [-0.2, -0.15) is 4.31 Å². The van der Waals surface area contributed by atoms with Crippen molar-refractivity contribution in [1.29, 1.82) is 0 Å². The van der Waals surface area contributed by atoms with Gasteiger partial charge < -0.3 is 9.47 Å². The molecule has 9 nitrogen and oxygen atoms in total. The Morgan fingerprint density at radius 2 is 1.53 bits per heavy atom. The molecule has 34 heavy (non-hydrogen) atoms. The predicted molar refractivity (Wildman–Crippen MR) is 125 cm³/mol. The van der Waals surface area contributed by atoms with E-state index in [-0.39, 0.29) is 36.2 Å². The zero-order valence-corrected chi connectivity index (χ0v) is 20.0. The maximum Gasteiger partial charge on any atom is 0.251 e. The van der Waals surface area contributed by atoms with Crippen LogP contribution in [0.15, 0.2) is 41.3 Å². The molecule has 2 aromatic carbocycles. The number of piperazine rings is 1. The van der Waals surface area contributed by atoms with Crippen molar-refractivity contribution >= 4 is 27.5 Å². The molecule has 0 bridgehead atoms. The summed E-state index contributed by atoms with van der Waals surface area (Å²) in [4.78, 5) is 29.5. The summed E-state index contributed by atoms with van der Waals surface area (Å²) in [7, 11) is -3.72. The van der Waals surface area contributed by atoms with Crippen molar-refractivity contribution in [3.05, 3.63) is 47.5 Å². The van der Waals surface area contributed by atoms with Crippen molar-refractivity contribution in [2.24, 2.45) is 0 Å². The van der Waals surface area contributed by atoms with E-state index in [1.807, 2.05) is 36.9 Å². The Hall–Kier alpha value is -2.95. The Morgan fingerprint density at radius 3 is 2.21 bits per heavy atom. The van der Waals surface area contributed by atoms with E-state index < -0.39 is 16.1 Å². The molecule has 2 fully saturated rings. The summed E-state index contributed by atoms with van der Waals surface area (Å²) >= 11 is 0. The van der Waals surface area contributed by atoms with Crippen LogP contribution in [0.25, 0.3) is 0 Å². The molecule has 3 heterocycles. The maximum absolute atomic E-state index is 13.3. The van der Waals surface area contributed by atoms with Gasteiger partial charge in [0.25, 0.3) is 5.91 Å². The molecule has 1 atom stereocenters. The van der Waals surface area contributed by atoms with E-state index in [0.717, 1.165) is 11.1 Å². The van der Waals surface area contributed by atoms with Gasteiger partial charge in [-0.05, 0) is 37.1 Å². The number of benzene rings is 2. The van der Waals surface area contributed by atoms with Gasteiger partial charge in [-0.3, -0.25) is 14.5 Å². The molecule has 0 spiro atoms. The molecule has 0 N–H and O–H groups in total. The van der Waals surface area contributed by atoms with Crippen molar-refractivity contribution in [2.75, 3.05) is 44.3 Å². The van der Waals surface area contributed by atoms with Crippen LogP contribution in [-0.4, -0.2) is 74.9 Å². The molecule has 3 aliphatic heterocycles. The second kappa shape index (κ2) is 8.68. The Balaban J connectivity index is 1.29. The molecule has 180 valence electrons. The van der Waals surface area contributed by atoms with Crippen molar-refractivity contribution in [3.8, 4) is 11.5 Å². The molecule has 5 rings (SSSR count). The van der Waals surface area contributed by atoms with Gasteiger partial charge >= 0.3 is 0 Å². The highest BCUT2D eigenvalue weighted by atomic mass is 32.2. The monoisotopic (exact) mass is 485 g/mol. The molecule has 2 amide bonds. The second-order valence-corrected chi connectivity index (χ2v) is 10.7. The van der Waals surface area contributed by atoms with Crippen LogP contribution in [0.4, 0.5) is 5.69 Å². The van der Waals surface area contributed by atoms with Gasteiger partial charge in [0.1, 0.15) is 13.2 Å². The van der Waals surface area contributed by atoms with Crippen molar-refractivity contribution < 1.29 is 27.5 Å². The highest BCUT2D eigenvalue weighted by molar-refractivity contribution is 7.89. The lowest BCUT2D eigenvalue weighted by atomic mass is 10.1. The molecule has 0 aromatic heterocycles. The Kier molecular flexibility index (Phi) is 5.83. The maximum atomic E-state index is 13.3. The molecular formula is C24H27N3O6S. The summed E-state index contributed by atoms with van der Waals surface area (Å²) in [5, 5.41) is 0. The standard InChI is InChI=1S/C24H27N3O6S/c1-16-4-3-5-17(2)23(16)27-22(28)15-19(24(27)29)25-8-10-26(11-9-25)34(30,31)18-6-7-20-21(14-18)33-13-12-32-20/h3-7,14,19H,8-13,15H2,1-2H3. The van der Waals surface area contributed by atoms with Crippen molar-refractivity contribution in [1.82, 2.24) is 9.21 Å². The summed E-state index contributed by atoms with van der Waals surface area (Å²) in [6.07, 6.45) is 0.0987. The molecule has 1 unspecified atom stereocenters. The summed E-state index contributed by atoms with van der Waals surface area (Å²) in [6, 6.07) is 9.73. The minimum atomic E-state index is -3.72. The minimum absolute atomic E-state index is 0.0987. The quantitative estimate of drug-likeness (QED) is 0.609. The molecule has 3 aliphatic rings. The third-order valence-corrected chi connectivity index (χ3v) is 8.55. The number of rotatable bonds is 4. The zero-order chi connectivity index (χ0) is 24.0. The molecule has 0 radical (unpaired) electrons. The number of anilines is 1. The Labute approximate surface area is 198 Å². The first-order valence-electron chi connectivity index (χ1n) is 11.3. The molecule has 2 saturated heterocycles. The van der Waals surface area contributed by atoms with Crippen LogP contribution in [0, 0.1) is 13.8 Å². The van der Waals surface area contributed by atoms with Gasteiger partial charge in [0.2, 0.25) is 15.9 Å². The number of para-hydroxylation sites is 1. The topological polar surface area (TPSA) is 96.5 Å². The van der Waals surface area contributed by atoms with Gasteiger partial charge in [-0.1, -0.05) is 18.2 Å². The van der Waals surface area contributed by atoms with Crippen LogP contribution >= 0.6 is 0 Å². The number of aryl methyl sites for hydroxylation is 2. The molecular weight excluding hydrogens is 458 g/mol. The highest BCUT2D eigenvalue weighted by Gasteiger charge is 2.45. The number of hydrogen-bond acceptors (Lipinski definition) is 7. The number of amides is 2. The fraction of sp³-hybridized carbons (Fsp3) is 0.417.